The number of nitrogens with one attached hydrogen (secondary N) is 1. The van der Waals surface area contributed by atoms with Crippen molar-refractivity contribution in [1.82, 2.24) is 14.9 Å². The van der Waals surface area contributed by atoms with Crippen LogP contribution in [0.25, 0.3) is 0 Å². The first-order chi connectivity index (χ1) is 10.0. The zero-order valence-corrected chi connectivity index (χ0v) is 14.4. The maximum absolute atomic E-state index is 4.43. The molecule has 1 N–H and O–H groups in total. The van der Waals surface area contributed by atoms with Crippen molar-refractivity contribution in [3.8, 4) is 0 Å². The highest BCUT2D eigenvalue weighted by molar-refractivity contribution is 5.07. The van der Waals surface area contributed by atoms with E-state index in [4.69, 9.17) is 0 Å². The van der Waals surface area contributed by atoms with Gasteiger partial charge in [-0.05, 0) is 38.0 Å². The molecule has 2 rings (SSSR count). The van der Waals surface area contributed by atoms with Crippen LogP contribution in [0.2, 0.25) is 0 Å². The molecule has 2 atom stereocenters. The van der Waals surface area contributed by atoms with E-state index in [-0.39, 0.29) is 0 Å². The second-order valence-electron chi connectivity index (χ2n) is 7.62. The van der Waals surface area contributed by atoms with E-state index in [2.05, 4.69) is 48.8 Å². The fourth-order valence-electron chi connectivity index (χ4n) is 3.52. The summed E-state index contributed by atoms with van der Waals surface area (Å²) in [6, 6.07) is 1.12. The molecule has 1 saturated heterocycles. The van der Waals surface area contributed by atoms with Crippen LogP contribution >= 0.6 is 0 Å². The Hall–Kier alpha value is -0.830. The SMILES string of the molecule is CCCCCC(C)(C)Cn1cncc1C1CCCC(C)N1. The van der Waals surface area contributed by atoms with Crippen molar-refractivity contribution in [2.75, 3.05) is 0 Å². The lowest BCUT2D eigenvalue weighted by Gasteiger charge is -2.31. The van der Waals surface area contributed by atoms with Crippen molar-refractivity contribution in [3.05, 3.63) is 18.2 Å². The van der Waals surface area contributed by atoms with Gasteiger partial charge in [-0.2, -0.15) is 0 Å². The highest BCUT2D eigenvalue weighted by Gasteiger charge is 2.25. The molecule has 0 saturated carbocycles. The summed E-state index contributed by atoms with van der Waals surface area (Å²) in [5.41, 5.74) is 1.73. The average molecular weight is 291 g/mol. The van der Waals surface area contributed by atoms with E-state index in [0.717, 1.165) is 6.54 Å². The Morgan fingerprint density at radius 1 is 1.33 bits per heavy atom. The van der Waals surface area contributed by atoms with Gasteiger partial charge < -0.3 is 9.88 Å². The van der Waals surface area contributed by atoms with Crippen molar-refractivity contribution in [2.24, 2.45) is 5.41 Å². The number of piperidine rings is 1. The molecule has 1 aliphatic rings. The van der Waals surface area contributed by atoms with Crippen LogP contribution in [0, 0.1) is 5.41 Å². The molecule has 0 amide bonds. The van der Waals surface area contributed by atoms with Gasteiger partial charge in [0, 0.05) is 24.8 Å². The smallest absolute Gasteiger partial charge is 0.0948 e. The molecule has 0 aliphatic carbocycles. The highest BCUT2D eigenvalue weighted by Crippen LogP contribution is 2.30. The molecule has 0 aromatic carbocycles. The van der Waals surface area contributed by atoms with Crippen LogP contribution in [-0.2, 0) is 6.54 Å². The largest absolute Gasteiger partial charge is 0.333 e. The zero-order valence-electron chi connectivity index (χ0n) is 14.4. The van der Waals surface area contributed by atoms with Crippen molar-refractivity contribution >= 4 is 0 Å². The fourth-order valence-corrected chi connectivity index (χ4v) is 3.52. The van der Waals surface area contributed by atoms with Gasteiger partial charge >= 0.3 is 0 Å². The van der Waals surface area contributed by atoms with Gasteiger partial charge in [0.15, 0.2) is 0 Å². The van der Waals surface area contributed by atoms with Gasteiger partial charge in [-0.15, -0.1) is 0 Å². The van der Waals surface area contributed by atoms with E-state index >= 15 is 0 Å². The summed E-state index contributed by atoms with van der Waals surface area (Å²) in [6.07, 6.45) is 13.2. The van der Waals surface area contributed by atoms with Crippen LogP contribution in [-0.4, -0.2) is 15.6 Å². The van der Waals surface area contributed by atoms with Crippen LogP contribution in [0.3, 0.4) is 0 Å². The Morgan fingerprint density at radius 3 is 2.86 bits per heavy atom. The summed E-state index contributed by atoms with van der Waals surface area (Å²) in [4.78, 5) is 4.43. The van der Waals surface area contributed by atoms with E-state index in [9.17, 15) is 0 Å². The Kier molecular flexibility index (Phi) is 5.86. The van der Waals surface area contributed by atoms with Crippen LogP contribution < -0.4 is 5.32 Å². The third-order valence-electron chi connectivity index (χ3n) is 4.77. The van der Waals surface area contributed by atoms with Crippen LogP contribution in [0.1, 0.15) is 84.4 Å². The second-order valence-corrected chi connectivity index (χ2v) is 7.62. The summed E-state index contributed by atoms with van der Waals surface area (Å²) < 4.78 is 2.39. The van der Waals surface area contributed by atoms with E-state index in [0.29, 0.717) is 17.5 Å². The lowest BCUT2D eigenvalue weighted by atomic mass is 9.86. The first-order valence-electron chi connectivity index (χ1n) is 8.78. The monoisotopic (exact) mass is 291 g/mol. The normalized spacial score (nSPS) is 23.4. The fraction of sp³-hybridized carbons (Fsp3) is 0.833. The summed E-state index contributed by atoms with van der Waals surface area (Å²) in [6.45, 7) is 10.4. The number of hydrogen-bond donors (Lipinski definition) is 1. The maximum Gasteiger partial charge on any atom is 0.0948 e. The first-order valence-corrected chi connectivity index (χ1v) is 8.78. The van der Waals surface area contributed by atoms with Crippen molar-refractivity contribution < 1.29 is 0 Å². The molecule has 1 aromatic heterocycles. The molecule has 2 heterocycles. The molecule has 120 valence electrons. The Balaban J connectivity index is 1.99. The number of imidazole rings is 1. The van der Waals surface area contributed by atoms with Gasteiger partial charge in [-0.25, -0.2) is 4.98 Å². The van der Waals surface area contributed by atoms with E-state index in [1.165, 1.54) is 50.6 Å². The lowest BCUT2D eigenvalue weighted by molar-refractivity contribution is 0.258. The quantitative estimate of drug-likeness (QED) is 0.738. The Bertz CT molecular complexity index is 422. The second kappa shape index (κ2) is 7.44. The van der Waals surface area contributed by atoms with Crippen LogP contribution in [0.4, 0.5) is 0 Å². The van der Waals surface area contributed by atoms with Gasteiger partial charge in [-0.1, -0.05) is 40.0 Å². The van der Waals surface area contributed by atoms with E-state index < -0.39 is 0 Å². The van der Waals surface area contributed by atoms with Crippen molar-refractivity contribution in [2.45, 2.75) is 91.3 Å². The van der Waals surface area contributed by atoms with Crippen molar-refractivity contribution in [3.63, 3.8) is 0 Å². The highest BCUT2D eigenvalue weighted by atomic mass is 15.1. The third-order valence-corrected chi connectivity index (χ3v) is 4.77. The number of aromatic nitrogens is 2. The molecular formula is C18H33N3. The number of hydrogen-bond acceptors (Lipinski definition) is 2. The van der Waals surface area contributed by atoms with Crippen LogP contribution in [0.15, 0.2) is 12.5 Å². The molecule has 1 aromatic rings. The van der Waals surface area contributed by atoms with Crippen LogP contribution in [0.5, 0.6) is 0 Å². The molecule has 0 radical (unpaired) electrons. The van der Waals surface area contributed by atoms with Gasteiger partial charge in [-0.3, -0.25) is 0 Å². The standard InChI is InChI=1S/C18H33N3/c1-5-6-7-11-18(3,4)13-21-14-19-12-17(21)16-10-8-9-15(2)20-16/h12,14-16,20H,5-11,13H2,1-4H3. The summed E-state index contributed by atoms with van der Waals surface area (Å²) in [5.74, 6) is 0. The Labute approximate surface area is 130 Å². The number of rotatable bonds is 7. The predicted molar refractivity (Wildman–Crippen MR) is 89.3 cm³/mol. The molecule has 0 bridgehead atoms. The number of unbranched alkanes of at least 4 members (excludes halogenated alkanes) is 2. The molecular weight excluding hydrogens is 258 g/mol. The Morgan fingerprint density at radius 2 is 2.14 bits per heavy atom. The zero-order chi connectivity index (χ0) is 15.3. The molecule has 0 spiro atoms. The molecule has 3 heteroatoms. The third kappa shape index (κ3) is 4.84. The molecule has 21 heavy (non-hydrogen) atoms. The summed E-state index contributed by atoms with van der Waals surface area (Å²) in [5, 5.41) is 3.74. The van der Waals surface area contributed by atoms with E-state index in [1.54, 1.807) is 0 Å². The molecule has 1 aliphatic heterocycles. The molecule has 2 unspecified atom stereocenters. The van der Waals surface area contributed by atoms with E-state index in [1.807, 2.05) is 6.33 Å². The summed E-state index contributed by atoms with van der Waals surface area (Å²) >= 11 is 0. The van der Waals surface area contributed by atoms with Gasteiger partial charge in [0.1, 0.15) is 0 Å². The average Bonchev–Trinajstić information content (AvgIpc) is 2.86. The minimum atomic E-state index is 0.352. The lowest BCUT2D eigenvalue weighted by Crippen LogP contribution is -2.36. The maximum atomic E-state index is 4.43. The molecule has 1 fully saturated rings. The molecule has 3 nitrogen and oxygen atoms in total. The van der Waals surface area contributed by atoms with Crippen molar-refractivity contribution in [1.29, 1.82) is 0 Å². The first kappa shape index (κ1) is 16.5. The van der Waals surface area contributed by atoms with Gasteiger partial charge in [0.25, 0.3) is 0 Å². The minimum absolute atomic E-state index is 0.352. The minimum Gasteiger partial charge on any atom is -0.333 e. The number of nitrogens with zero attached hydrogens (tertiary/aromatic N) is 2. The summed E-state index contributed by atoms with van der Waals surface area (Å²) in [7, 11) is 0. The topological polar surface area (TPSA) is 29.9 Å². The van der Waals surface area contributed by atoms with Gasteiger partial charge in [0.05, 0.1) is 12.0 Å². The predicted octanol–water partition coefficient (Wildman–Crippen LogP) is 4.69. The van der Waals surface area contributed by atoms with Gasteiger partial charge in [0.2, 0.25) is 0 Å².